The molecule has 0 bridgehead atoms. The number of amides is 1. The number of nitrogens with zero attached hydrogens (tertiary/aromatic N) is 1. The van der Waals surface area contributed by atoms with Gasteiger partial charge >= 0.3 is 5.97 Å². The molecule has 0 aliphatic heterocycles. The third-order valence-corrected chi connectivity index (χ3v) is 7.34. The van der Waals surface area contributed by atoms with Crippen molar-refractivity contribution < 1.29 is 22.7 Å². The zero-order valence-corrected chi connectivity index (χ0v) is 18.9. The van der Waals surface area contributed by atoms with E-state index in [-0.39, 0.29) is 22.6 Å². The first-order chi connectivity index (χ1) is 14.7. The molecule has 7 nitrogen and oxygen atoms in total. The Morgan fingerprint density at radius 3 is 2.26 bits per heavy atom. The van der Waals surface area contributed by atoms with E-state index in [1.807, 2.05) is 30.3 Å². The predicted molar refractivity (Wildman–Crippen MR) is 121 cm³/mol. The second-order valence-corrected chi connectivity index (χ2v) is 9.91. The molecule has 0 unspecified atom stereocenters. The first-order valence-electron chi connectivity index (χ1n) is 9.44. The van der Waals surface area contributed by atoms with Crippen molar-refractivity contribution in [3.05, 3.63) is 71.8 Å². The predicted octanol–water partition coefficient (Wildman–Crippen LogP) is 4.09. The Morgan fingerprint density at radius 2 is 1.68 bits per heavy atom. The smallest absolute Gasteiger partial charge is 0.341 e. The molecule has 0 aliphatic carbocycles. The molecule has 31 heavy (non-hydrogen) atoms. The van der Waals surface area contributed by atoms with Crippen molar-refractivity contribution in [1.82, 2.24) is 4.31 Å². The molecule has 1 N–H and O–H groups in total. The standard InChI is InChI=1S/C22H22N2O5S2/c1-4-29-22(26)18-14-19(15-8-6-5-7-9-15)30-21(18)23-20(25)16-10-12-17(13-11-16)31(27,28)24(2)3/h5-14H,4H2,1-3H3,(H,23,25). The van der Waals surface area contributed by atoms with Crippen LogP contribution >= 0.6 is 11.3 Å². The minimum absolute atomic E-state index is 0.0868. The highest BCUT2D eigenvalue weighted by atomic mass is 32.2. The first kappa shape index (κ1) is 22.7. The number of nitrogens with one attached hydrogen (secondary N) is 1. The Hall–Kier alpha value is -3.01. The number of carbonyl (C=O) groups is 2. The number of sulfonamides is 1. The van der Waals surface area contributed by atoms with Crippen LogP contribution in [0.1, 0.15) is 27.6 Å². The normalized spacial score (nSPS) is 11.4. The maximum Gasteiger partial charge on any atom is 0.341 e. The molecule has 1 aromatic heterocycles. The first-order valence-corrected chi connectivity index (χ1v) is 11.7. The lowest BCUT2D eigenvalue weighted by Gasteiger charge is -2.11. The van der Waals surface area contributed by atoms with Gasteiger partial charge in [0.05, 0.1) is 17.1 Å². The summed E-state index contributed by atoms with van der Waals surface area (Å²) in [6, 6.07) is 16.8. The van der Waals surface area contributed by atoms with E-state index in [9.17, 15) is 18.0 Å². The van der Waals surface area contributed by atoms with E-state index in [0.717, 1.165) is 14.7 Å². The monoisotopic (exact) mass is 458 g/mol. The summed E-state index contributed by atoms with van der Waals surface area (Å²) >= 11 is 1.27. The number of anilines is 1. The van der Waals surface area contributed by atoms with Gasteiger partial charge in [-0.05, 0) is 42.8 Å². The van der Waals surface area contributed by atoms with Crippen LogP contribution in [-0.2, 0) is 14.8 Å². The summed E-state index contributed by atoms with van der Waals surface area (Å²) in [5.74, 6) is -0.982. The van der Waals surface area contributed by atoms with Gasteiger partial charge in [-0.1, -0.05) is 30.3 Å². The van der Waals surface area contributed by atoms with Crippen LogP contribution in [0.3, 0.4) is 0 Å². The Balaban J connectivity index is 1.89. The Morgan fingerprint density at radius 1 is 1.03 bits per heavy atom. The molecular formula is C22H22N2O5S2. The fourth-order valence-corrected chi connectivity index (χ4v) is 4.70. The van der Waals surface area contributed by atoms with Gasteiger partial charge < -0.3 is 10.1 Å². The number of ether oxygens (including phenoxy) is 1. The van der Waals surface area contributed by atoms with Gasteiger partial charge in [0, 0.05) is 24.5 Å². The third-order valence-electron chi connectivity index (χ3n) is 4.41. The molecular weight excluding hydrogens is 436 g/mol. The van der Waals surface area contributed by atoms with E-state index in [4.69, 9.17) is 4.74 Å². The van der Waals surface area contributed by atoms with Crippen molar-refractivity contribution in [2.24, 2.45) is 0 Å². The summed E-state index contributed by atoms with van der Waals surface area (Å²) in [7, 11) is -0.710. The van der Waals surface area contributed by atoms with Crippen molar-refractivity contribution in [2.75, 3.05) is 26.0 Å². The highest BCUT2D eigenvalue weighted by Gasteiger charge is 2.21. The summed E-state index contributed by atoms with van der Waals surface area (Å²) < 4.78 is 30.6. The highest BCUT2D eigenvalue weighted by Crippen LogP contribution is 2.36. The Kier molecular flexibility index (Phi) is 6.89. The third kappa shape index (κ3) is 5.01. The molecule has 0 saturated carbocycles. The molecule has 3 aromatic rings. The Bertz CT molecular complexity index is 1180. The molecule has 9 heteroatoms. The summed E-state index contributed by atoms with van der Waals surface area (Å²) in [6.07, 6.45) is 0. The molecule has 0 radical (unpaired) electrons. The minimum Gasteiger partial charge on any atom is -0.462 e. The van der Waals surface area contributed by atoms with Crippen LogP contribution < -0.4 is 5.32 Å². The number of hydrogen-bond donors (Lipinski definition) is 1. The van der Waals surface area contributed by atoms with Crippen LogP contribution in [-0.4, -0.2) is 45.3 Å². The number of esters is 1. The van der Waals surface area contributed by atoms with Gasteiger partial charge in [-0.25, -0.2) is 17.5 Å². The largest absolute Gasteiger partial charge is 0.462 e. The van der Waals surface area contributed by atoms with E-state index >= 15 is 0 Å². The zero-order chi connectivity index (χ0) is 22.6. The number of rotatable bonds is 7. The fourth-order valence-electron chi connectivity index (χ4n) is 2.75. The van der Waals surface area contributed by atoms with Crippen molar-refractivity contribution in [3.8, 4) is 10.4 Å². The lowest BCUT2D eigenvalue weighted by molar-refractivity contribution is 0.0528. The average molecular weight is 459 g/mol. The van der Waals surface area contributed by atoms with Gasteiger partial charge in [0.2, 0.25) is 10.0 Å². The minimum atomic E-state index is -3.59. The molecule has 0 aliphatic rings. The Labute approximate surface area is 185 Å². The van der Waals surface area contributed by atoms with Gasteiger partial charge in [0.1, 0.15) is 5.00 Å². The van der Waals surface area contributed by atoms with Gasteiger partial charge in [-0.2, -0.15) is 0 Å². The lowest BCUT2D eigenvalue weighted by atomic mass is 10.1. The lowest BCUT2D eigenvalue weighted by Crippen LogP contribution is -2.22. The van der Waals surface area contributed by atoms with Gasteiger partial charge in [-0.3, -0.25) is 4.79 Å². The second-order valence-electron chi connectivity index (χ2n) is 6.71. The van der Waals surface area contributed by atoms with Crippen molar-refractivity contribution in [3.63, 3.8) is 0 Å². The molecule has 0 fully saturated rings. The van der Waals surface area contributed by atoms with E-state index in [1.54, 1.807) is 13.0 Å². The highest BCUT2D eigenvalue weighted by molar-refractivity contribution is 7.89. The summed E-state index contributed by atoms with van der Waals surface area (Å²) in [4.78, 5) is 26.1. The molecule has 2 aromatic carbocycles. The SMILES string of the molecule is CCOC(=O)c1cc(-c2ccccc2)sc1NC(=O)c1ccc(S(=O)(=O)N(C)C)cc1. The summed E-state index contributed by atoms with van der Waals surface area (Å²) in [6.45, 7) is 1.93. The van der Waals surface area contributed by atoms with Crippen molar-refractivity contribution in [2.45, 2.75) is 11.8 Å². The maximum absolute atomic E-state index is 12.8. The molecule has 0 atom stereocenters. The molecule has 162 valence electrons. The fraction of sp³-hybridized carbons (Fsp3) is 0.182. The van der Waals surface area contributed by atoms with Crippen LogP contribution in [0.5, 0.6) is 0 Å². The van der Waals surface area contributed by atoms with Gasteiger partial charge in [0.25, 0.3) is 5.91 Å². The molecule has 0 saturated heterocycles. The molecule has 0 spiro atoms. The zero-order valence-electron chi connectivity index (χ0n) is 17.3. The van der Waals surface area contributed by atoms with E-state index in [0.29, 0.717) is 5.00 Å². The van der Waals surface area contributed by atoms with E-state index < -0.39 is 21.9 Å². The quantitative estimate of drug-likeness (QED) is 0.538. The second kappa shape index (κ2) is 9.42. The maximum atomic E-state index is 12.8. The van der Waals surface area contributed by atoms with Crippen molar-refractivity contribution in [1.29, 1.82) is 0 Å². The van der Waals surface area contributed by atoms with Crippen LogP contribution in [0, 0.1) is 0 Å². The number of hydrogen-bond acceptors (Lipinski definition) is 6. The summed E-state index contributed by atoms with van der Waals surface area (Å²) in [5.41, 5.74) is 1.45. The van der Waals surface area contributed by atoms with Crippen molar-refractivity contribution >= 4 is 38.2 Å². The van der Waals surface area contributed by atoms with Crippen LogP contribution in [0.2, 0.25) is 0 Å². The average Bonchev–Trinajstić information content (AvgIpc) is 3.18. The molecule has 1 amide bonds. The van der Waals surface area contributed by atoms with Crippen LogP contribution in [0.25, 0.3) is 10.4 Å². The number of benzene rings is 2. The van der Waals surface area contributed by atoms with Crippen LogP contribution in [0.4, 0.5) is 5.00 Å². The number of carbonyl (C=O) groups excluding carboxylic acids is 2. The topological polar surface area (TPSA) is 92.8 Å². The number of thiophene rings is 1. The summed E-state index contributed by atoms with van der Waals surface area (Å²) in [5, 5.41) is 3.12. The van der Waals surface area contributed by atoms with E-state index in [2.05, 4.69) is 5.32 Å². The van der Waals surface area contributed by atoms with Gasteiger partial charge in [-0.15, -0.1) is 11.3 Å². The van der Waals surface area contributed by atoms with E-state index in [1.165, 1.54) is 49.7 Å². The molecule has 3 rings (SSSR count). The van der Waals surface area contributed by atoms with Gasteiger partial charge in [0.15, 0.2) is 0 Å². The molecule has 1 heterocycles. The van der Waals surface area contributed by atoms with Crippen LogP contribution in [0.15, 0.2) is 65.6 Å².